The molecule has 0 saturated carbocycles. The van der Waals surface area contributed by atoms with Crippen LogP contribution in [0.4, 0.5) is 0 Å². The predicted molar refractivity (Wildman–Crippen MR) is 32.3 cm³/mol. The summed E-state index contributed by atoms with van der Waals surface area (Å²) in [5, 5.41) is 0. The second kappa shape index (κ2) is 3.54. The van der Waals surface area contributed by atoms with Crippen molar-refractivity contribution in [2.24, 2.45) is 0 Å². The van der Waals surface area contributed by atoms with E-state index in [-0.39, 0.29) is 0 Å². The van der Waals surface area contributed by atoms with Crippen molar-refractivity contribution in [2.45, 2.75) is 6.92 Å². The van der Waals surface area contributed by atoms with Crippen molar-refractivity contribution in [3.8, 4) is 11.5 Å². The van der Waals surface area contributed by atoms with Crippen LogP contribution in [-0.4, -0.2) is 7.42 Å². The molecule has 0 aromatic carbocycles. The molecule has 0 rings (SSSR count). The Balaban J connectivity index is 3.20. The van der Waals surface area contributed by atoms with Crippen molar-refractivity contribution < 1.29 is 0 Å². The molecule has 0 N–H and O–H groups in total. The Morgan fingerprint density at radius 2 is 2.00 bits per heavy atom. The van der Waals surface area contributed by atoms with Gasteiger partial charge < -0.3 is 0 Å². The Bertz CT molecular complexity index is 78.5. The van der Waals surface area contributed by atoms with Gasteiger partial charge in [-0.2, -0.15) is 0 Å². The highest BCUT2D eigenvalue weighted by atomic mass is 35.7. The maximum atomic E-state index is 5.31. The summed E-state index contributed by atoms with van der Waals surface area (Å²) < 4.78 is 0. The van der Waals surface area contributed by atoms with Gasteiger partial charge in [0, 0.05) is 0 Å². The van der Waals surface area contributed by atoms with E-state index in [2.05, 4.69) is 11.5 Å². The van der Waals surface area contributed by atoms with E-state index >= 15 is 0 Å². The van der Waals surface area contributed by atoms with Crippen molar-refractivity contribution in [3.63, 3.8) is 0 Å². The number of rotatable bonds is 0. The van der Waals surface area contributed by atoms with Gasteiger partial charge in [0.15, 0.2) is 0 Å². The Kier molecular flexibility index (Phi) is 3.75. The molecule has 0 aromatic heterocycles. The van der Waals surface area contributed by atoms with Crippen LogP contribution in [0, 0.1) is 11.5 Å². The van der Waals surface area contributed by atoms with Gasteiger partial charge in [-0.3, -0.25) is 0 Å². The summed E-state index contributed by atoms with van der Waals surface area (Å²) in [6, 6.07) is 0. The van der Waals surface area contributed by atoms with Gasteiger partial charge in [0.25, 0.3) is 0 Å². The summed E-state index contributed by atoms with van der Waals surface area (Å²) in [6.07, 6.45) is 0. The van der Waals surface area contributed by atoms with E-state index in [4.69, 9.17) is 22.2 Å². The van der Waals surface area contributed by atoms with Crippen molar-refractivity contribution >= 4 is 29.6 Å². The molecule has 0 heterocycles. The van der Waals surface area contributed by atoms with E-state index in [1.165, 1.54) is 0 Å². The number of hydrogen-bond acceptors (Lipinski definition) is 0. The molecule has 0 atom stereocenters. The van der Waals surface area contributed by atoms with E-state index in [0.717, 1.165) is 0 Å². The maximum Gasteiger partial charge on any atom is 0.309 e. The van der Waals surface area contributed by atoms with Crippen LogP contribution >= 0.6 is 22.2 Å². The van der Waals surface area contributed by atoms with E-state index in [0.29, 0.717) is 0 Å². The van der Waals surface area contributed by atoms with Crippen LogP contribution in [0.5, 0.6) is 0 Å². The van der Waals surface area contributed by atoms with Crippen LogP contribution in [0.25, 0.3) is 0 Å². The summed E-state index contributed by atoms with van der Waals surface area (Å²) in [4.78, 5) is 0. The van der Waals surface area contributed by atoms with Crippen LogP contribution in [0.2, 0.25) is 0 Å². The molecular formula is C3H4Cl2Si. The van der Waals surface area contributed by atoms with Gasteiger partial charge in [-0.1, -0.05) is 5.54 Å². The molecule has 0 saturated heterocycles. The highest BCUT2D eigenvalue weighted by Crippen LogP contribution is 1.89. The maximum absolute atomic E-state index is 5.31. The molecule has 0 unspecified atom stereocenters. The number of halogens is 2. The fourth-order valence-electron chi connectivity index (χ4n) is 0.109. The van der Waals surface area contributed by atoms with Crippen molar-refractivity contribution in [2.75, 3.05) is 0 Å². The molecule has 6 heavy (non-hydrogen) atoms. The zero-order valence-corrected chi connectivity index (χ0v) is 6.00. The second-order valence-electron chi connectivity index (χ2n) is 0.695. The molecule has 0 aliphatic rings. The van der Waals surface area contributed by atoms with Gasteiger partial charge in [-0.05, 0) is 6.92 Å². The lowest BCUT2D eigenvalue weighted by Gasteiger charge is -1.72. The normalized spacial score (nSPS) is 7.33. The van der Waals surface area contributed by atoms with Gasteiger partial charge in [-0.15, -0.1) is 28.1 Å². The van der Waals surface area contributed by atoms with Crippen LogP contribution in [0.3, 0.4) is 0 Å². The largest absolute Gasteiger partial charge is 0.309 e. The van der Waals surface area contributed by atoms with Crippen molar-refractivity contribution in [1.29, 1.82) is 0 Å². The van der Waals surface area contributed by atoms with Gasteiger partial charge in [0.05, 0.1) is 0 Å². The van der Waals surface area contributed by atoms with E-state index in [1.807, 2.05) is 0 Å². The zero-order valence-electron chi connectivity index (χ0n) is 3.33. The third kappa shape index (κ3) is 4.36. The SMILES string of the molecule is CC#C[SiH](Cl)Cl. The van der Waals surface area contributed by atoms with Gasteiger partial charge in [-0.25, -0.2) is 0 Å². The molecule has 34 valence electrons. The monoisotopic (exact) mass is 138 g/mol. The average Bonchev–Trinajstić information content (AvgIpc) is 1.35. The zero-order chi connectivity index (χ0) is 4.99. The first kappa shape index (κ1) is 6.36. The molecule has 0 aliphatic heterocycles. The lowest BCUT2D eigenvalue weighted by Crippen LogP contribution is -1.82. The van der Waals surface area contributed by atoms with Crippen molar-refractivity contribution in [3.05, 3.63) is 0 Å². The Hall–Kier alpha value is 0.357. The average molecular weight is 139 g/mol. The fraction of sp³-hybridized carbons (Fsp3) is 0.333. The van der Waals surface area contributed by atoms with Gasteiger partial charge >= 0.3 is 7.42 Å². The molecule has 0 amide bonds. The topological polar surface area (TPSA) is 0 Å². The van der Waals surface area contributed by atoms with E-state index < -0.39 is 7.42 Å². The lowest BCUT2D eigenvalue weighted by atomic mass is 10.8. The molecule has 0 radical (unpaired) electrons. The minimum absolute atomic E-state index is 1.59. The summed E-state index contributed by atoms with van der Waals surface area (Å²) in [6.45, 7) is 1.73. The summed E-state index contributed by atoms with van der Waals surface area (Å²) >= 11 is 10.6. The lowest BCUT2D eigenvalue weighted by molar-refractivity contribution is 1.93. The molecule has 0 aromatic rings. The van der Waals surface area contributed by atoms with Crippen LogP contribution in [0.15, 0.2) is 0 Å². The summed E-state index contributed by atoms with van der Waals surface area (Å²) in [5.74, 6) is 2.61. The first-order valence-electron chi connectivity index (χ1n) is 1.48. The van der Waals surface area contributed by atoms with Gasteiger partial charge in [0.1, 0.15) is 0 Å². The van der Waals surface area contributed by atoms with Crippen LogP contribution in [-0.2, 0) is 0 Å². The Morgan fingerprint density at radius 1 is 1.50 bits per heavy atom. The molecule has 0 bridgehead atoms. The fourth-order valence-corrected chi connectivity index (χ4v) is 0.982. The summed E-state index contributed by atoms with van der Waals surface area (Å²) in [5.41, 5.74) is 2.63. The van der Waals surface area contributed by atoms with Crippen LogP contribution in [0.1, 0.15) is 6.92 Å². The van der Waals surface area contributed by atoms with E-state index in [1.54, 1.807) is 6.92 Å². The summed E-state index contributed by atoms with van der Waals surface area (Å²) in [7, 11) is -1.59. The second-order valence-corrected chi connectivity index (χ2v) is 4.87. The highest BCUT2D eigenvalue weighted by Gasteiger charge is 1.88. The first-order chi connectivity index (χ1) is 2.77. The smallest absolute Gasteiger partial charge is 0.134 e. The highest BCUT2D eigenvalue weighted by molar-refractivity contribution is 7.37. The predicted octanol–water partition coefficient (Wildman–Crippen LogP) is 1.25. The first-order valence-corrected chi connectivity index (χ1v) is 5.54. The third-order valence-corrected chi connectivity index (χ3v) is 1.41. The Labute approximate surface area is 48.5 Å². The van der Waals surface area contributed by atoms with E-state index in [9.17, 15) is 0 Å². The standard InChI is InChI=1S/C3H4Cl2Si/c1-2-3-6(4)5/h6H,1H3. The molecule has 0 aliphatic carbocycles. The van der Waals surface area contributed by atoms with Crippen LogP contribution < -0.4 is 0 Å². The number of hydrogen-bond donors (Lipinski definition) is 0. The molecule has 3 heteroatoms. The quantitative estimate of drug-likeness (QED) is 0.269. The third-order valence-electron chi connectivity index (χ3n) is 0.253. The molecular weight excluding hydrogens is 135 g/mol. The molecule has 0 fully saturated rings. The molecule has 0 spiro atoms. The minimum Gasteiger partial charge on any atom is -0.134 e. The Morgan fingerprint density at radius 3 is 2.00 bits per heavy atom. The molecule has 0 nitrogen and oxygen atoms in total. The van der Waals surface area contributed by atoms with Gasteiger partial charge in [0.2, 0.25) is 0 Å². The minimum atomic E-state index is -1.59. The van der Waals surface area contributed by atoms with Crippen molar-refractivity contribution in [1.82, 2.24) is 0 Å².